The zero-order valence-corrected chi connectivity index (χ0v) is 12.5. The van der Waals surface area contributed by atoms with Crippen LogP contribution in [0.1, 0.15) is 11.1 Å². The van der Waals surface area contributed by atoms with Crippen LogP contribution in [-0.4, -0.2) is 10.9 Å². The zero-order valence-electron chi connectivity index (χ0n) is 11.7. The quantitative estimate of drug-likeness (QED) is 0.366. The first-order valence-electron chi connectivity index (χ1n) is 6.69. The molecule has 0 saturated heterocycles. The second-order valence-corrected chi connectivity index (χ2v) is 5.29. The Morgan fingerprint density at radius 3 is 2.30 bits per heavy atom. The van der Waals surface area contributed by atoms with E-state index in [-0.39, 0.29) is 5.69 Å². The van der Waals surface area contributed by atoms with E-state index in [1.54, 1.807) is 48.6 Å². The highest BCUT2D eigenvalue weighted by Crippen LogP contribution is 2.28. The van der Waals surface area contributed by atoms with Gasteiger partial charge < -0.3 is 4.74 Å². The van der Waals surface area contributed by atoms with Crippen molar-refractivity contribution < 1.29 is 14.5 Å². The van der Waals surface area contributed by atoms with Crippen molar-refractivity contribution in [3.63, 3.8) is 0 Å². The first kappa shape index (κ1) is 15.0. The first-order valence-corrected chi connectivity index (χ1v) is 7.07. The van der Waals surface area contributed by atoms with Crippen molar-refractivity contribution in [2.75, 3.05) is 0 Å². The molecule has 1 aliphatic heterocycles. The van der Waals surface area contributed by atoms with Crippen LogP contribution in [0.3, 0.4) is 0 Å². The average molecular weight is 328 g/mol. The van der Waals surface area contributed by atoms with Gasteiger partial charge in [-0.15, -0.1) is 0 Å². The number of non-ortho nitro benzene ring substituents is 1. The molecule has 0 radical (unpaired) electrons. The molecule has 0 spiro atoms. The van der Waals surface area contributed by atoms with Gasteiger partial charge in [0.05, 0.1) is 10.5 Å². The molecule has 1 aliphatic rings. The molecule has 0 saturated carbocycles. The van der Waals surface area contributed by atoms with Gasteiger partial charge in [-0.3, -0.25) is 10.1 Å². The molecular weight excluding hydrogens is 318 g/mol. The molecule has 0 fully saturated rings. The number of carbonyl (C=O) groups is 1. The minimum Gasteiger partial charge on any atom is -0.422 e. The fraction of sp³-hybridized carbons (Fsp3) is 0. The van der Waals surface area contributed by atoms with E-state index in [4.69, 9.17) is 16.3 Å². The molecule has 23 heavy (non-hydrogen) atoms. The predicted molar refractivity (Wildman–Crippen MR) is 86.6 cm³/mol. The Balaban J connectivity index is 1.88. The maximum absolute atomic E-state index is 11.9. The van der Waals surface area contributed by atoms with E-state index in [0.29, 0.717) is 21.9 Å². The fourth-order valence-electron chi connectivity index (χ4n) is 2.12. The third-order valence-corrected chi connectivity index (χ3v) is 3.53. The predicted octanol–water partition coefficient (Wildman–Crippen LogP) is 4.23. The Morgan fingerprint density at radius 2 is 1.70 bits per heavy atom. The van der Waals surface area contributed by atoms with Gasteiger partial charge in [-0.1, -0.05) is 11.6 Å². The highest BCUT2D eigenvalue weighted by molar-refractivity contribution is 6.30. The van der Waals surface area contributed by atoms with Crippen LogP contribution in [0.2, 0.25) is 5.02 Å². The molecule has 0 atom stereocenters. The van der Waals surface area contributed by atoms with E-state index in [2.05, 4.69) is 0 Å². The molecule has 0 bridgehead atoms. The standard InChI is InChI=1S/C17H10ClNO4/c18-14-5-3-12(4-6-14)16-10-13(17(20)23-16)9-11-1-7-15(8-2-11)19(21)22/h1-10H/b13-9+. The highest BCUT2D eigenvalue weighted by atomic mass is 35.5. The van der Waals surface area contributed by atoms with Crippen LogP contribution in [0.4, 0.5) is 5.69 Å². The number of benzene rings is 2. The number of esters is 1. The van der Waals surface area contributed by atoms with Crippen molar-refractivity contribution in [3.8, 4) is 0 Å². The largest absolute Gasteiger partial charge is 0.422 e. The topological polar surface area (TPSA) is 69.4 Å². The molecule has 3 rings (SSSR count). The van der Waals surface area contributed by atoms with Crippen LogP contribution >= 0.6 is 11.6 Å². The van der Waals surface area contributed by atoms with E-state index in [1.165, 1.54) is 12.1 Å². The molecule has 2 aromatic rings. The number of halogens is 1. The summed E-state index contributed by atoms with van der Waals surface area (Å²) in [6.45, 7) is 0. The molecule has 1 heterocycles. The lowest BCUT2D eigenvalue weighted by Gasteiger charge is -2.01. The van der Waals surface area contributed by atoms with Crippen molar-refractivity contribution >= 4 is 35.1 Å². The normalized spacial score (nSPS) is 15.4. The summed E-state index contributed by atoms with van der Waals surface area (Å²) >= 11 is 5.83. The lowest BCUT2D eigenvalue weighted by molar-refractivity contribution is -0.384. The molecule has 0 aliphatic carbocycles. The molecule has 0 unspecified atom stereocenters. The summed E-state index contributed by atoms with van der Waals surface area (Å²) in [6, 6.07) is 12.9. The van der Waals surface area contributed by atoms with Crippen LogP contribution in [0, 0.1) is 10.1 Å². The molecule has 5 nitrogen and oxygen atoms in total. The lowest BCUT2D eigenvalue weighted by Crippen LogP contribution is -1.97. The second kappa shape index (κ2) is 6.06. The lowest BCUT2D eigenvalue weighted by atomic mass is 10.1. The molecular formula is C17H10ClNO4. The Hall–Kier alpha value is -2.92. The van der Waals surface area contributed by atoms with Crippen LogP contribution in [0.15, 0.2) is 60.2 Å². The minimum absolute atomic E-state index is 0.00135. The van der Waals surface area contributed by atoms with Gasteiger partial charge in [-0.2, -0.15) is 0 Å². The number of nitrogens with zero attached hydrogens (tertiary/aromatic N) is 1. The molecule has 0 amide bonds. The van der Waals surface area contributed by atoms with Crippen molar-refractivity contribution in [2.24, 2.45) is 0 Å². The summed E-state index contributed by atoms with van der Waals surface area (Å²) in [4.78, 5) is 22.1. The van der Waals surface area contributed by atoms with Gasteiger partial charge in [-0.05, 0) is 54.1 Å². The average Bonchev–Trinajstić information content (AvgIpc) is 2.89. The number of cyclic esters (lactones) is 1. The van der Waals surface area contributed by atoms with Crippen molar-refractivity contribution in [2.45, 2.75) is 0 Å². The number of hydrogen-bond donors (Lipinski definition) is 0. The van der Waals surface area contributed by atoms with Crippen molar-refractivity contribution in [1.29, 1.82) is 0 Å². The van der Waals surface area contributed by atoms with Crippen LogP contribution in [-0.2, 0) is 9.53 Å². The van der Waals surface area contributed by atoms with E-state index in [0.717, 1.165) is 5.56 Å². The monoisotopic (exact) mass is 327 g/mol. The number of rotatable bonds is 3. The molecule has 0 N–H and O–H groups in total. The summed E-state index contributed by atoms with van der Waals surface area (Å²) in [5.41, 5.74) is 1.80. The summed E-state index contributed by atoms with van der Waals surface area (Å²) in [6.07, 6.45) is 3.25. The highest BCUT2D eigenvalue weighted by Gasteiger charge is 2.21. The third kappa shape index (κ3) is 3.30. The van der Waals surface area contributed by atoms with E-state index >= 15 is 0 Å². The van der Waals surface area contributed by atoms with Gasteiger partial charge in [-0.25, -0.2) is 4.79 Å². The number of ether oxygens (including phenoxy) is 1. The Labute approximate surface area is 136 Å². The molecule has 6 heteroatoms. The Bertz CT molecular complexity index is 836. The number of nitro groups is 1. The molecule has 2 aromatic carbocycles. The summed E-state index contributed by atoms with van der Waals surface area (Å²) < 4.78 is 5.24. The van der Waals surface area contributed by atoms with Gasteiger partial charge in [0.15, 0.2) is 0 Å². The number of carbonyl (C=O) groups excluding carboxylic acids is 1. The SMILES string of the molecule is O=C1OC(c2ccc(Cl)cc2)=C/C1=C\c1ccc([N+](=O)[O-])cc1. The Kier molecular flexibility index (Phi) is 3.95. The number of hydrogen-bond acceptors (Lipinski definition) is 4. The minimum atomic E-state index is -0.473. The van der Waals surface area contributed by atoms with Gasteiger partial charge in [0.2, 0.25) is 0 Å². The zero-order chi connectivity index (χ0) is 16.4. The third-order valence-electron chi connectivity index (χ3n) is 3.28. The first-order chi connectivity index (χ1) is 11.0. The van der Waals surface area contributed by atoms with Gasteiger partial charge >= 0.3 is 5.97 Å². The van der Waals surface area contributed by atoms with Gasteiger partial charge in [0.25, 0.3) is 5.69 Å². The summed E-state index contributed by atoms with van der Waals surface area (Å²) in [7, 11) is 0. The molecule has 114 valence electrons. The van der Waals surface area contributed by atoms with Gasteiger partial charge in [0.1, 0.15) is 5.76 Å². The maximum Gasteiger partial charge on any atom is 0.343 e. The van der Waals surface area contributed by atoms with E-state index in [9.17, 15) is 14.9 Å². The number of nitro benzene ring substituents is 1. The maximum atomic E-state index is 11.9. The summed E-state index contributed by atoms with van der Waals surface area (Å²) in [5, 5.41) is 11.2. The van der Waals surface area contributed by atoms with Crippen LogP contribution < -0.4 is 0 Å². The molecule has 0 aromatic heterocycles. The second-order valence-electron chi connectivity index (χ2n) is 4.85. The summed E-state index contributed by atoms with van der Waals surface area (Å²) in [5.74, 6) is -0.0202. The van der Waals surface area contributed by atoms with E-state index in [1.807, 2.05) is 0 Å². The van der Waals surface area contributed by atoms with Crippen LogP contribution in [0.5, 0.6) is 0 Å². The van der Waals surface area contributed by atoms with Gasteiger partial charge in [0, 0.05) is 22.7 Å². The Morgan fingerprint density at radius 1 is 1.04 bits per heavy atom. The smallest absolute Gasteiger partial charge is 0.343 e. The van der Waals surface area contributed by atoms with Crippen molar-refractivity contribution in [1.82, 2.24) is 0 Å². The fourth-order valence-corrected chi connectivity index (χ4v) is 2.24. The van der Waals surface area contributed by atoms with E-state index < -0.39 is 10.9 Å². The van der Waals surface area contributed by atoms with Crippen LogP contribution in [0.25, 0.3) is 11.8 Å². The van der Waals surface area contributed by atoms with Crippen molar-refractivity contribution in [3.05, 3.63) is 86.4 Å².